The Labute approximate surface area is 340 Å². The van der Waals surface area contributed by atoms with Crippen LogP contribution in [0.2, 0.25) is 0 Å². The molecule has 0 amide bonds. The molecule has 0 aliphatic carbocycles. The van der Waals surface area contributed by atoms with E-state index in [9.17, 15) is 0 Å². The summed E-state index contributed by atoms with van der Waals surface area (Å²) in [4.78, 5) is 0. The first kappa shape index (κ1) is 40.1. The van der Waals surface area contributed by atoms with Crippen LogP contribution >= 0.6 is 31.9 Å². The summed E-state index contributed by atoms with van der Waals surface area (Å²) >= 11 is 7.42. The number of unbranched alkanes of at least 4 members (excludes halogenated alkanes) is 10. The van der Waals surface area contributed by atoms with E-state index < -0.39 is 0 Å². The van der Waals surface area contributed by atoms with Crippen LogP contribution in [0, 0.1) is 0 Å². The van der Waals surface area contributed by atoms with Crippen molar-refractivity contribution in [2.45, 2.75) is 117 Å². The second kappa shape index (κ2) is 20.9. The molecule has 0 bridgehead atoms. The molecule has 0 saturated carbocycles. The highest BCUT2D eigenvalue weighted by molar-refractivity contribution is 9.10. The lowest BCUT2D eigenvalue weighted by Crippen LogP contribution is -2.01. The normalized spacial score (nSPS) is 11.4. The molecule has 2 nitrogen and oxygen atoms in total. The summed E-state index contributed by atoms with van der Waals surface area (Å²) in [6.45, 7) is 5.53. The van der Waals surface area contributed by atoms with Gasteiger partial charge in [0.2, 0.25) is 0 Å². The van der Waals surface area contributed by atoms with Crippen molar-refractivity contribution in [2.24, 2.45) is 0 Å². The van der Waals surface area contributed by atoms with Gasteiger partial charge in [0.05, 0.1) is 0 Å². The predicted molar refractivity (Wildman–Crippen MR) is 238 cm³/mol. The molecule has 0 fully saturated rings. The third-order valence-electron chi connectivity index (χ3n) is 10.6. The van der Waals surface area contributed by atoms with Crippen molar-refractivity contribution in [1.29, 1.82) is 0 Å². The fourth-order valence-electron chi connectivity index (χ4n) is 7.46. The fourth-order valence-corrected chi connectivity index (χ4v) is 8.22. The first-order valence-electron chi connectivity index (χ1n) is 20.4. The van der Waals surface area contributed by atoms with Crippen LogP contribution < -0.4 is 9.47 Å². The van der Waals surface area contributed by atoms with Crippen molar-refractivity contribution in [3.63, 3.8) is 0 Å². The molecule has 4 heteroatoms. The van der Waals surface area contributed by atoms with E-state index in [1.165, 1.54) is 99.3 Å². The Balaban J connectivity index is 1.25. The highest BCUT2D eigenvalue weighted by atomic mass is 79.9. The molecule has 0 atom stereocenters. The van der Waals surface area contributed by atoms with Gasteiger partial charge in [-0.1, -0.05) is 183 Å². The number of rotatable bonds is 21. The van der Waals surface area contributed by atoms with Gasteiger partial charge in [0.1, 0.15) is 24.7 Å². The van der Waals surface area contributed by atoms with E-state index in [-0.39, 0.29) is 0 Å². The Bertz CT molecular complexity index is 1920. The maximum atomic E-state index is 6.78. The standard InChI is InChI=1S/C50H56Br2O2/c1-3-5-7-9-11-13-15-37-17-21-39(22-18-37)35-53-47-31-25-41-33-43(51)27-29-45(41)49(47)50-46-30-28-44(52)34-42(46)26-32-48(50)54-36-40-23-19-38(20-24-40)16-14-12-10-8-6-4-2/h17-34H,3-16,35-36H2,1-2H3. The molecule has 0 spiro atoms. The summed E-state index contributed by atoms with van der Waals surface area (Å²) in [5.74, 6) is 1.69. The zero-order valence-corrected chi connectivity index (χ0v) is 35.5. The van der Waals surface area contributed by atoms with Gasteiger partial charge in [-0.15, -0.1) is 0 Å². The van der Waals surface area contributed by atoms with Crippen molar-refractivity contribution in [3.8, 4) is 22.6 Å². The minimum Gasteiger partial charge on any atom is -0.488 e. The third-order valence-corrected chi connectivity index (χ3v) is 11.6. The van der Waals surface area contributed by atoms with Gasteiger partial charge in [0.25, 0.3) is 0 Å². The number of fused-ring (bicyclic) bond motifs is 2. The van der Waals surface area contributed by atoms with Crippen LogP contribution in [-0.2, 0) is 26.1 Å². The summed E-state index contributed by atoms with van der Waals surface area (Å²) in [5.41, 5.74) is 7.25. The maximum absolute atomic E-state index is 6.78. The largest absolute Gasteiger partial charge is 0.488 e. The van der Waals surface area contributed by atoms with E-state index in [1.807, 2.05) is 0 Å². The average molecular weight is 849 g/mol. The molecule has 0 N–H and O–H groups in total. The Hall–Kier alpha value is -3.60. The molecule has 282 valence electrons. The molecule has 0 aliphatic rings. The molecule has 0 aromatic heterocycles. The van der Waals surface area contributed by atoms with Crippen LogP contribution in [0.15, 0.2) is 118 Å². The van der Waals surface area contributed by atoms with E-state index >= 15 is 0 Å². The molecule has 0 unspecified atom stereocenters. The lowest BCUT2D eigenvalue weighted by molar-refractivity contribution is 0.303. The molecule has 54 heavy (non-hydrogen) atoms. The first-order valence-corrected chi connectivity index (χ1v) is 22.0. The van der Waals surface area contributed by atoms with E-state index in [0.29, 0.717) is 13.2 Å². The topological polar surface area (TPSA) is 18.5 Å². The van der Waals surface area contributed by atoms with E-state index in [0.717, 1.165) is 66.0 Å². The molecule has 0 saturated heterocycles. The number of hydrogen-bond donors (Lipinski definition) is 0. The van der Waals surface area contributed by atoms with Crippen LogP contribution in [0.3, 0.4) is 0 Å². The molecular formula is C50H56Br2O2. The zero-order chi connectivity index (χ0) is 37.5. The van der Waals surface area contributed by atoms with Gasteiger partial charge in [-0.2, -0.15) is 0 Å². The summed E-state index contributed by atoms with van der Waals surface area (Å²) < 4.78 is 15.7. The predicted octanol–water partition coefficient (Wildman–Crippen LogP) is 16.1. The van der Waals surface area contributed by atoms with Gasteiger partial charge >= 0.3 is 0 Å². The number of aryl methyl sites for hydroxylation is 2. The highest BCUT2D eigenvalue weighted by Gasteiger charge is 2.20. The Morgan fingerprint density at radius 2 is 0.759 bits per heavy atom. The Kier molecular flexibility index (Phi) is 15.5. The van der Waals surface area contributed by atoms with E-state index in [4.69, 9.17) is 9.47 Å². The minimum atomic E-state index is 0.490. The second-order valence-corrected chi connectivity index (χ2v) is 16.7. The van der Waals surface area contributed by atoms with Crippen molar-refractivity contribution in [3.05, 3.63) is 140 Å². The van der Waals surface area contributed by atoms with Crippen LogP contribution in [0.25, 0.3) is 32.7 Å². The second-order valence-electron chi connectivity index (χ2n) is 14.9. The molecule has 6 rings (SSSR count). The van der Waals surface area contributed by atoms with Gasteiger partial charge in [-0.05, 0) is 106 Å². The Morgan fingerprint density at radius 3 is 1.17 bits per heavy atom. The van der Waals surface area contributed by atoms with Crippen molar-refractivity contribution < 1.29 is 9.47 Å². The fraction of sp³-hybridized carbons (Fsp3) is 0.360. The van der Waals surface area contributed by atoms with Crippen molar-refractivity contribution in [1.82, 2.24) is 0 Å². The van der Waals surface area contributed by atoms with Gasteiger partial charge in [-0.25, -0.2) is 0 Å². The van der Waals surface area contributed by atoms with Crippen LogP contribution in [0.1, 0.15) is 113 Å². The molecular weight excluding hydrogens is 792 g/mol. The summed E-state index contributed by atoms with van der Waals surface area (Å²) in [6.07, 6.45) is 18.1. The van der Waals surface area contributed by atoms with Crippen LogP contribution in [-0.4, -0.2) is 0 Å². The summed E-state index contributed by atoms with van der Waals surface area (Å²) in [5, 5.41) is 4.55. The monoisotopic (exact) mass is 846 g/mol. The van der Waals surface area contributed by atoms with Gasteiger partial charge in [0, 0.05) is 20.1 Å². The minimum absolute atomic E-state index is 0.490. The SMILES string of the molecule is CCCCCCCCc1ccc(COc2ccc3cc(Br)ccc3c2-c2c(OCc3ccc(CCCCCCCC)cc3)ccc3cc(Br)ccc23)cc1. The average Bonchev–Trinajstić information content (AvgIpc) is 3.19. The highest BCUT2D eigenvalue weighted by Crippen LogP contribution is 2.46. The quantitative estimate of drug-likeness (QED) is 0.0672. The number of hydrogen-bond acceptors (Lipinski definition) is 2. The van der Waals surface area contributed by atoms with Crippen LogP contribution in [0.4, 0.5) is 0 Å². The smallest absolute Gasteiger partial charge is 0.128 e. The van der Waals surface area contributed by atoms with E-state index in [1.54, 1.807) is 0 Å². The maximum Gasteiger partial charge on any atom is 0.128 e. The number of ether oxygens (including phenoxy) is 2. The molecule has 6 aromatic carbocycles. The van der Waals surface area contributed by atoms with Crippen molar-refractivity contribution in [2.75, 3.05) is 0 Å². The summed E-state index contributed by atoms with van der Waals surface area (Å²) in [7, 11) is 0. The first-order chi connectivity index (χ1) is 26.5. The number of halogens is 2. The zero-order valence-electron chi connectivity index (χ0n) is 32.3. The molecule has 0 aliphatic heterocycles. The summed E-state index contributed by atoms with van der Waals surface area (Å²) in [6, 6.07) is 39.6. The molecule has 0 heterocycles. The third kappa shape index (κ3) is 11.2. The number of benzene rings is 6. The van der Waals surface area contributed by atoms with Gasteiger partial charge < -0.3 is 9.47 Å². The molecule has 6 aromatic rings. The Morgan fingerprint density at radius 1 is 0.389 bits per heavy atom. The lowest BCUT2D eigenvalue weighted by atomic mass is 9.92. The van der Waals surface area contributed by atoms with Gasteiger partial charge in [-0.3, -0.25) is 0 Å². The van der Waals surface area contributed by atoms with Crippen molar-refractivity contribution >= 4 is 53.4 Å². The van der Waals surface area contributed by atoms with E-state index in [2.05, 4.69) is 155 Å². The lowest BCUT2D eigenvalue weighted by Gasteiger charge is -2.20. The van der Waals surface area contributed by atoms with Crippen LogP contribution in [0.5, 0.6) is 11.5 Å². The van der Waals surface area contributed by atoms with Gasteiger partial charge in [0.15, 0.2) is 0 Å². The molecule has 0 radical (unpaired) electrons.